The number of hydrogen-bond acceptors (Lipinski definition) is 2. The van der Waals surface area contributed by atoms with Gasteiger partial charge in [0.15, 0.2) is 0 Å². The summed E-state index contributed by atoms with van der Waals surface area (Å²) in [4.78, 5) is 0. The summed E-state index contributed by atoms with van der Waals surface area (Å²) < 4.78 is 5.32. The van der Waals surface area contributed by atoms with Crippen molar-refractivity contribution < 1.29 is 4.42 Å². The van der Waals surface area contributed by atoms with Gasteiger partial charge in [-0.15, -0.1) is 0 Å². The molecule has 0 aromatic carbocycles. The summed E-state index contributed by atoms with van der Waals surface area (Å²) in [5.74, 6) is 1.53. The highest BCUT2D eigenvalue weighted by Gasteiger charge is 2.09. The van der Waals surface area contributed by atoms with Gasteiger partial charge in [0.25, 0.3) is 0 Å². The maximum Gasteiger partial charge on any atom is 0.109 e. The van der Waals surface area contributed by atoms with E-state index in [0.29, 0.717) is 5.92 Å². The molecular formula is C9H15NO. The van der Waals surface area contributed by atoms with Crippen LogP contribution in [0.25, 0.3) is 0 Å². The van der Waals surface area contributed by atoms with Crippen molar-refractivity contribution in [3.05, 3.63) is 23.7 Å². The Balaban J connectivity index is 2.67. The van der Waals surface area contributed by atoms with Crippen LogP contribution in [0.5, 0.6) is 0 Å². The highest BCUT2D eigenvalue weighted by atomic mass is 16.3. The molecule has 0 spiro atoms. The molecule has 1 atom stereocenters. The van der Waals surface area contributed by atoms with Crippen molar-refractivity contribution in [1.82, 2.24) is 0 Å². The molecule has 2 heteroatoms. The standard InChI is InChI=1S/C9H15NO/c1-7(3-5-10)9-8(2)4-6-11-9/h4,6-7H,3,5,10H2,1-2H3. The first-order valence-electron chi connectivity index (χ1n) is 3.99. The van der Waals surface area contributed by atoms with Crippen LogP contribution in [0, 0.1) is 6.92 Å². The fraction of sp³-hybridized carbons (Fsp3) is 0.556. The van der Waals surface area contributed by atoms with Gasteiger partial charge in [-0.2, -0.15) is 0 Å². The van der Waals surface area contributed by atoms with Crippen molar-refractivity contribution >= 4 is 0 Å². The molecule has 0 fully saturated rings. The molecule has 2 N–H and O–H groups in total. The van der Waals surface area contributed by atoms with Crippen LogP contribution in [0.2, 0.25) is 0 Å². The quantitative estimate of drug-likeness (QED) is 0.721. The van der Waals surface area contributed by atoms with Gasteiger partial charge in [0, 0.05) is 5.92 Å². The van der Waals surface area contributed by atoms with Crippen molar-refractivity contribution in [3.63, 3.8) is 0 Å². The minimum atomic E-state index is 0.454. The molecule has 2 nitrogen and oxygen atoms in total. The van der Waals surface area contributed by atoms with E-state index in [1.165, 1.54) is 5.56 Å². The number of nitrogens with two attached hydrogens (primary N) is 1. The van der Waals surface area contributed by atoms with E-state index in [0.717, 1.165) is 18.7 Å². The van der Waals surface area contributed by atoms with Crippen LogP contribution in [0.3, 0.4) is 0 Å². The highest BCUT2D eigenvalue weighted by molar-refractivity contribution is 5.17. The van der Waals surface area contributed by atoms with Gasteiger partial charge in [-0.25, -0.2) is 0 Å². The molecule has 1 heterocycles. The van der Waals surface area contributed by atoms with Crippen LogP contribution in [0.15, 0.2) is 16.7 Å². The van der Waals surface area contributed by atoms with Gasteiger partial charge in [-0.1, -0.05) is 6.92 Å². The van der Waals surface area contributed by atoms with E-state index in [9.17, 15) is 0 Å². The first-order valence-corrected chi connectivity index (χ1v) is 3.99. The van der Waals surface area contributed by atoms with E-state index < -0.39 is 0 Å². The molecule has 0 saturated heterocycles. The van der Waals surface area contributed by atoms with Crippen LogP contribution in [0.1, 0.15) is 30.6 Å². The fourth-order valence-electron chi connectivity index (χ4n) is 1.27. The van der Waals surface area contributed by atoms with E-state index >= 15 is 0 Å². The van der Waals surface area contributed by atoms with Crippen molar-refractivity contribution in [2.24, 2.45) is 5.73 Å². The molecule has 0 aliphatic rings. The normalized spacial score (nSPS) is 13.4. The number of rotatable bonds is 3. The van der Waals surface area contributed by atoms with Gasteiger partial charge in [0.05, 0.1) is 6.26 Å². The average molecular weight is 153 g/mol. The Bertz CT molecular complexity index is 217. The molecule has 0 aliphatic carbocycles. The van der Waals surface area contributed by atoms with Crippen molar-refractivity contribution in [2.75, 3.05) is 6.54 Å². The molecular weight excluding hydrogens is 138 g/mol. The third-order valence-electron chi connectivity index (χ3n) is 1.95. The minimum Gasteiger partial charge on any atom is -0.469 e. The Morgan fingerprint density at radius 2 is 2.36 bits per heavy atom. The fourth-order valence-corrected chi connectivity index (χ4v) is 1.27. The van der Waals surface area contributed by atoms with Crippen LogP contribution >= 0.6 is 0 Å². The van der Waals surface area contributed by atoms with Crippen LogP contribution in [0.4, 0.5) is 0 Å². The average Bonchev–Trinajstić information content (AvgIpc) is 2.36. The topological polar surface area (TPSA) is 39.2 Å². The molecule has 0 aliphatic heterocycles. The molecule has 11 heavy (non-hydrogen) atoms. The molecule has 0 amide bonds. The van der Waals surface area contributed by atoms with Crippen molar-refractivity contribution in [3.8, 4) is 0 Å². The van der Waals surface area contributed by atoms with E-state index in [1.54, 1.807) is 6.26 Å². The second-order valence-electron chi connectivity index (χ2n) is 2.95. The van der Waals surface area contributed by atoms with E-state index in [1.807, 2.05) is 6.07 Å². The van der Waals surface area contributed by atoms with Gasteiger partial charge in [-0.3, -0.25) is 0 Å². The zero-order valence-corrected chi connectivity index (χ0v) is 7.13. The maximum atomic E-state index is 5.44. The number of furan rings is 1. The van der Waals surface area contributed by atoms with E-state index in [4.69, 9.17) is 10.2 Å². The maximum absolute atomic E-state index is 5.44. The monoisotopic (exact) mass is 153 g/mol. The zero-order valence-electron chi connectivity index (χ0n) is 7.13. The van der Waals surface area contributed by atoms with Crippen LogP contribution in [-0.4, -0.2) is 6.54 Å². The Kier molecular flexibility index (Phi) is 2.71. The third-order valence-corrected chi connectivity index (χ3v) is 1.95. The third kappa shape index (κ3) is 1.84. The summed E-state index contributed by atoms with van der Waals surface area (Å²) >= 11 is 0. The van der Waals surface area contributed by atoms with Gasteiger partial charge < -0.3 is 10.2 Å². The summed E-state index contributed by atoms with van der Waals surface area (Å²) in [6, 6.07) is 1.99. The lowest BCUT2D eigenvalue weighted by atomic mass is 10.0. The van der Waals surface area contributed by atoms with E-state index in [-0.39, 0.29) is 0 Å². The van der Waals surface area contributed by atoms with Gasteiger partial charge >= 0.3 is 0 Å². The van der Waals surface area contributed by atoms with Crippen molar-refractivity contribution in [2.45, 2.75) is 26.2 Å². The SMILES string of the molecule is Cc1ccoc1C(C)CCN. The predicted octanol–water partition coefficient (Wildman–Crippen LogP) is 2.04. The Morgan fingerprint density at radius 3 is 2.82 bits per heavy atom. The van der Waals surface area contributed by atoms with Crippen LogP contribution < -0.4 is 5.73 Å². The summed E-state index contributed by atoms with van der Waals surface area (Å²) in [5.41, 5.74) is 6.67. The van der Waals surface area contributed by atoms with Gasteiger partial charge in [0.1, 0.15) is 5.76 Å². The molecule has 62 valence electrons. The number of aryl methyl sites for hydroxylation is 1. The zero-order chi connectivity index (χ0) is 8.27. The van der Waals surface area contributed by atoms with Gasteiger partial charge in [0.2, 0.25) is 0 Å². The molecule has 1 rings (SSSR count). The van der Waals surface area contributed by atoms with Crippen LogP contribution in [-0.2, 0) is 0 Å². The molecule has 1 unspecified atom stereocenters. The summed E-state index contributed by atoms with van der Waals surface area (Å²) in [6.45, 7) is 4.92. The lowest BCUT2D eigenvalue weighted by Crippen LogP contribution is -2.04. The Hall–Kier alpha value is -0.760. The number of hydrogen-bond donors (Lipinski definition) is 1. The van der Waals surface area contributed by atoms with Gasteiger partial charge in [-0.05, 0) is 31.5 Å². The lowest BCUT2D eigenvalue weighted by molar-refractivity contribution is 0.461. The Labute approximate surface area is 67.4 Å². The van der Waals surface area contributed by atoms with Crippen molar-refractivity contribution in [1.29, 1.82) is 0 Å². The molecule has 1 aromatic rings. The molecule has 0 bridgehead atoms. The largest absolute Gasteiger partial charge is 0.469 e. The first-order chi connectivity index (χ1) is 5.25. The molecule has 0 saturated carbocycles. The molecule has 1 aromatic heterocycles. The predicted molar refractivity (Wildman–Crippen MR) is 45.5 cm³/mol. The summed E-state index contributed by atoms with van der Waals surface area (Å²) in [7, 11) is 0. The second-order valence-corrected chi connectivity index (χ2v) is 2.95. The first kappa shape index (κ1) is 8.34. The lowest BCUT2D eigenvalue weighted by Gasteiger charge is -2.06. The Morgan fingerprint density at radius 1 is 1.64 bits per heavy atom. The minimum absolute atomic E-state index is 0.454. The molecule has 0 radical (unpaired) electrons. The van der Waals surface area contributed by atoms with E-state index in [2.05, 4.69) is 13.8 Å². The highest BCUT2D eigenvalue weighted by Crippen LogP contribution is 2.22. The smallest absolute Gasteiger partial charge is 0.109 e. The summed E-state index contributed by atoms with van der Waals surface area (Å²) in [6.07, 6.45) is 2.73. The summed E-state index contributed by atoms with van der Waals surface area (Å²) in [5, 5.41) is 0. The second kappa shape index (κ2) is 3.58.